The van der Waals surface area contributed by atoms with E-state index in [1.54, 1.807) is 25.3 Å². The molecule has 2 amide bonds. The number of primary amides is 1. The maximum absolute atomic E-state index is 10.7. The van der Waals surface area contributed by atoms with Crippen LogP contribution < -0.4 is 25.4 Å². The van der Waals surface area contributed by atoms with Gasteiger partial charge in [0.1, 0.15) is 5.75 Å². The molecule has 0 unspecified atom stereocenters. The van der Waals surface area contributed by atoms with Crippen molar-refractivity contribution in [3.63, 3.8) is 0 Å². The molecule has 0 saturated carbocycles. The molecule has 0 aliphatic rings. The van der Waals surface area contributed by atoms with Crippen molar-refractivity contribution in [2.45, 2.75) is 13.3 Å². The van der Waals surface area contributed by atoms with Crippen LogP contribution >= 0.6 is 11.6 Å². The summed E-state index contributed by atoms with van der Waals surface area (Å²) < 4.78 is 16.9. The number of nitrogens with two attached hydrogens (primary N) is 1. The van der Waals surface area contributed by atoms with Crippen LogP contribution in [0.3, 0.4) is 0 Å². The normalized spacial score (nSPS) is 10.6. The quantitative estimate of drug-likeness (QED) is 0.388. The van der Waals surface area contributed by atoms with Gasteiger partial charge in [-0.2, -0.15) is 5.10 Å². The van der Waals surface area contributed by atoms with Gasteiger partial charge >= 0.3 is 6.03 Å². The first-order valence-electron chi connectivity index (χ1n) is 8.28. The van der Waals surface area contributed by atoms with Crippen LogP contribution in [0.4, 0.5) is 4.79 Å². The number of halogens is 1. The van der Waals surface area contributed by atoms with Crippen LogP contribution in [0.1, 0.15) is 17.5 Å². The zero-order valence-electron chi connectivity index (χ0n) is 15.2. The first-order valence-corrected chi connectivity index (χ1v) is 8.66. The second kappa shape index (κ2) is 10.3. The highest BCUT2D eigenvalue weighted by atomic mass is 35.5. The van der Waals surface area contributed by atoms with E-state index in [1.807, 2.05) is 25.1 Å². The number of hydrogen-bond acceptors (Lipinski definition) is 5. The first kappa shape index (κ1) is 20.4. The molecule has 0 aromatic heterocycles. The molecule has 0 radical (unpaired) electrons. The summed E-state index contributed by atoms with van der Waals surface area (Å²) in [6.07, 6.45) is 2.10. The molecule has 0 aliphatic carbocycles. The van der Waals surface area contributed by atoms with E-state index in [2.05, 4.69) is 10.5 Å². The number of amides is 2. The molecular weight excluding hydrogens is 370 g/mol. The highest BCUT2D eigenvalue weighted by Gasteiger charge is 2.09. The van der Waals surface area contributed by atoms with Gasteiger partial charge < -0.3 is 19.9 Å². The maximum atomic E-state index is 10.7. The minimum atomic E-state index is -0.744. The minimum Gasteiger partial charge on any atom is -0.493 e. The molecule has 0 atom stereocenters. The van der Waals surface area contributed by atoms with Crippen LogP contribution in [-0.4, -0.2) is 32.6 Å². The third kappa shape index (κ3) is 6.38. The summed E-state index contributed by atoms with van der Waals surface area (Å²) in [7, 11) is 1.55. The molecule has 7 nitrogen and oxygen atoms in total. The van der Waals surface area contributed by atoms with Crippen molar-refractivity contribution < 1.29 is 19.0 Å². The summed E-state index contributed by atoms with van der Waals surface area (Å²) in [6.45, 7) is 2.83. The maximum Gasteiger partial charge on any atom is 0.332 e. The average Bonchev–Trinajstić information content (AvgIpc) is 2.64. The number of ether oxygens (including phenoxy) is 3. The zero-order chi connectivity index (χ0) is 19.6. The topological polar surface area (TPSA) is 95.2 Å². The number of carbonyl (C=O) groups is 1. The zero-order valence-corrected chi connectivity index (χ0v) is 16.0. The van der Waals surface area contributed by atoms with Gasteiger partial charge in [0.25, 0.3) is 0 Å². The number of hydrogen-bond donors (Lipinski definition) is 2. The molecule has 27 heavy (non-hydrogen) atoms. The summed E-state index contributed by atoms with van der Waals surface area (Å²) in [4.78, 5) is 10.7. The third-order valence-electron chi connectivity index (χ3n) is 3.54. The molecule has 2 aromatic rings. The fourth-order valence-electron chi connectivity index (χ4n) is 2.25. The third-order valence-corrected chi connectivity index (χ3v) is 3.96. The Morgan fingerprint density at radius 2 is 2.04 bits per heavy atom. The monoisotopic (exact) mass is 391 g/mol. The summed E-state index contributed by atoms with van der Waals surface area (Å²) in [6, 6.07) is 10.1. The van der Waals surface area contributed by atoms with Crippen molar-refractivity contribution in [2.75, 3.05) is 20.3 Å². The Kier molecular flexibility index (Phi) is 7.76. The summed E-state index contributed by atoms with van der Waals surface area (Å²) in [5.74, 6) is 1.85. The van der Waals surface area contributed by atoms with Gasteiger partial charge in [-0.25, -0.2) is 10.2 Å². The highest BCUT2D eigenvalue weighted by Crippen LogP contribution is 2.30. The van der Waals surface area contributed by atoms with E-state index in [4.69, 9.17) is 31.5 Å². The lowest BCUT2D eigenvalue weighted by atomic mass is 10.2. The van der Waals surface area contributed by atoms with E-state index in [0.29, 0.717) is 41.7 Å². The molecule has 0 aliphatic heterocycles. The van der Waals surface area contributed by atoms with Crippen LogP contribution in [0, 0.1) is 6.92 Å². The molecule has 2 rings (SSSR count). The molecule has 0 bridgehead atoms. The highest BCUT2D eigenvalue weighted by molar-refractivity contribution is 6.31. The van der Waals surface area contributed by atoms with Gasteiger partial charge in [0.2, 0.25) is 0 Å². The Morgan fingerprint density at radius 1 is 1.26 bits per heavy atom. The second-order valence-electron chi connectivity index (χ2n) is 5.57. The molecule has 3 N–H and O–H groups in total. The summed E-state index contributed by atoms with van der Waals surface area (Å²) in [5, 5.41) is 4.47. The van der Waals surface area contributed by atoms with E-state index in [1.165, 1.54) is 6.21 Å². The molecule has 0 saturated heterocycles. The number of nitrogens with one attached hydrogen (secondary N) is 1. The Labute approximate surface area is 163 Å². The van der Waals surface area contributed by atoms with E-state index < -0.39 is 6.03 Å². The number of benzene rings is 2. The average molecular weight is 392 g/mol. The number of methoxy groups -OCH3 is 1. The second-order valence-corrected chi connectivity index (χ2v) is 5.98. The summed E-state index contributed by atoms with van der Waals surface area (Å²) in [5.41, 5.74) is 8.75. The molecule has 0 heterocycles. The van der Waals surface area contributed by atoms with Crippen molar-refractivity contribution in [3.8, 4) is 17.2 Å². The molecule has 144 valence electrons. The van der Waals surface area contributed by atoms with Gasteiger partial charge in [0, 0.05) is 17.0 Å². The van der Waals surface area contributed by atoms with Crippen molar-refractivity contribution in [2.24, 2.45) is 10.8 Å². The number of aryl methyl sites for hydroxylation is 1. The number of nitrogens with zero attached hydrogens (tertiary/aromatic N) is 1. The van der Waals surface area contributed by atoms with Crippen LogP contribution in [0.15, 0.2) is 41.5 Å². The van der Waals surface area contributed by atoms with Crippen molar-refractivity contribution in [1.82, 2.24) is 5.43 Å². The molecule has 0 fully saturated rings. The van der Waals surface area contributed by atoms with Gasteiger partial charge in [0.05, 0.1) is 26.5 Å². The lowest BCUT2D eigenvalue weighted by molar-refractivity contribution is 0.240. The SMILES string of the molecule is COc1cccc(/C=N\NC(N)=O)c1OCCCOc1ccc(Cl)c(C)c1. The van der Waals surface area contributed by atoms with E-state index >= 15 is 0 Å². The van der Waals surface area contributed by atoms with E-state index in [0.717, 1.165) is 11.3 Å². The smallest absolute Gasteiger partial charge is 0.332 e. The van der Waals surface area contributed by atoms with Gasteiger partial charge in [-0.3, -0.25) is 0 Å². The van der Waals surface area contributed by atoms with Gasteiger partial charge in [-0.05, 0) is 42.8 Å². The van der Waals surface area contributed by atoms with Crippen molar-refractivity contribution in [1.29, 1.82) is 0 Å². The molecule has 0 spiro atoms. The number of rotatable bonds is 9. The summed E-state index contributed by atoms with van der Waals surface area (Å²) >= 11 is 6.00. The standard InChI is InChI=1S/C19H22ClN3O4/c1-13-11-15(7-8-16(13)20)26-9-4-10-27-18-14(12-22-23-19(21)24)5-3-6-17(18)25-2/h3,5-8,11-12H,4,9-10H2,1-2H3,(H3,21,23,24)/b22-12-. The predicted octanol–water partition coefficient (Wildman–Crippen LogP) is 3.51. The largest absolute Gasteiger partial charge is 0.493 e. The Balaban J connectivity index is 1.91. The minimum absolute atomic E-state index is 0.414. The lowest BCUT2D eigenvalue weighted by Crippen LogP contribution is -2.24. The molecule has 2 aromatic carbocycles. The first-order chi connectivity index (χ1) is 13.0. The van der Waals surface area contributed by atoms with Crippen molar-refractivity contribution >= 4 is 23.8 Å². The molecule has 8 heteroatoms. The predicted molar refractivity (Wildman–Crippen MR) is 105 cm³/mol. The Morgan fingerprint density at radius 3 is 2.74 bits per heavy atom. The van der Waals surface area contributed by atoms with Crippen LogP contribution in [0.5, 0.6) is 17.2 Å². The van der Waals surface area contributed by atoms with E-state index in [-0.39, 0.29) is 0 Å². The Bertz CT molecular complexity index is 812. The molecular formula is C19H22ClN3O4. The number of para-hydroxylation sites is 1. The van der Waals surface area contributed by atoms with Crippen LogP contribution in [-0.2, 0) is 0 Å². The van der Waals surface area contributed by atoms with Crippen LogP contribution in [0.2, 0.25) is 5.02 Å². The van der Waals surface area contributed by atoms with Gasteiger partial charge in [0.15, 0.2) is 11.5 Å². The van der Waals surface area contributed by atoms with E-state index in [9.17, 15) is 4.79 Å². The van der Waals surface area contributed by atoms with Gasteiger partial charge in [-0.15, -0.1) is 0 Å². The fraction of sp³-hybridized carbons (Fsp3) is 0.263. The lowest BCUT2D eigenvalue weighted by Gasteiger charge is -2.13. The van der Waals surface area contributed by atoms with Crippen LogP contribution in [0.25, 0.3) is 0 Å². The number of urea groups is 1. The van der Waals surface area contributed by atoms with Crippen molar-refractivity contribution in [3.05, 3.63) is 52.5 Å². The fourth-order valence-corrected chi connectivity index (χ4v) is 2.36. The Hall–Kier alpha value is -2.93. The number of hydrazone groups is 1. The van der Waals surface area contributed by atoms with Gasteiger partial charge in [-0.1, -0.05) is 17.7 Å². The number of carbonyl (C=O) groups excluding carboxylic acids is 1.